The number of unbranched alkanes of at least 4 members (excludes halogenated alkanes) is 5. The average Bonchev–Trinajstić information content (AvgIpc) is 2.33. The molecule has 0 aromatic carbocycles. The Morgan fingerprint density at radius 2 is 1.59 bits per heavy atom. The van der Waals surface area contributed by atoms with E-state index in [0.717, 1.165) is 19.5 Å². The van der Waals surface area contributed by atoms with Crippen molar-refractivity contribution in [3.05, 3.63) is 0 Å². The van der Waals surface area contributed by atoms with E-state index in [0.29, 0.717) is 12.5 Å². The van der Waals surface area contributed by atoms with E-state index in [2.05, 4.69) is 19.2 Å². The number of hydrogen-bond donors (Lipinski definition) is 2. The number of hydrogen-bond acceptors (Lipinski definition) is 2. The van der Waals surface area contributed by atoms with E-state index in [1.807, 2.05) is 0 Å². The van der Waals surface area contributed by atoms with Gasteiger partial charge in [-0.1, -0.05) is 52.4 Å². The fourth-order valence-corrected chi connectivity index (χ4v) is 2.28. The summed E-state index contributed by atoms with van der Waals surface area (Å²) in [6.45, 7) is 7.05. The van der Waals surface area contributed by atoms with Gasteiger partial charge in [0.2, 0.25) is 0 Å². The van der Waals surface area contributed by atoms with Crippen LogP contribution in [0, 0.1) is 5.92 Å². The molecular formula is C15H33NO. The molecule has 0 saturated heterocycles. The van der Waals surface area contributed by atoms with Crippen LogP contribution in [-0.4, -0.2) is 24.8 Å². The third-order valence-electron chi connectivity index (χ3n) is 3.37. The van der Waals surface area contributed by atoms with Crippen molar-refractivity contribution in [3.8, 4) is 0 Å². The normalized spacial score (nSPS) is 12.9. The van der Waals surface area contributed by atoms with Crippen LogP contribution in [0.15, 0.2) is 0 Å². The Bertz CT molecular complexity index is 133. The van der Waals surface area contributed by atoms with Gasteiger partial charge in [0, 0.05) is 6.61 Å². The van der Waals surface area contributed by atoms with Crippen LogP contribution in [0.25, 0.3) is 0 Å². The molecule has 2 heteroatoms. The average molecular weight is 243 g/mol. The molecule has 0 aromatic heterocycles. The van der Waals surface area contributed by atoms with Crippen molar-refractivity contribution in [3.63, 3.8) is 0 Å². The second-order valence-electron chi connectivity index (χ2n) is 5.14. The molecule has 2 nitrogen and oxygen atoms in total. The van der Waals surface area contributed by atoms with Crippen molar-refractivity contribution in [2.24, 2.45) is 5.92 Å². The largest absolute Gasteiger partial charge is 0.396 e. The summed E-state index contributed by atoms with van der Waals surface area (Å²) in [7, 11) is 0. The second-order valence-corrected chi connectivity index (χ2v) is 5.14. The first-order chi connectivity index (χ1) is 8.35. The zero-order valence-corrected chi connectivity index (χ0v) is 12.0. The molecule has 0 heterocycles. The molecule has 2 N–H and O–H groups in total. The minimum absolute atomic E-state index is 0.337. The third kappa shape index (κ3) is 12.2. The van der Waals surface area contributed by atoms with E-state index in [-0.39, 0.29) is 0 Å². The first-order valence-electron chi connectivity index (χ1n) is 7.66. The minimum atomic E-state index is 0.337. The Morgan fingerprint density at radius 1 is 0.882 bits per heavy atom. The van der Waals surface area contributed by atoms with Crippen molar-refractivity contribution in [1.82, 2.24) is 5.32 Å². The molecule has 0 radical (unpaired) electrons. The first kappa shape index (κ1) is 16.9. The van der Waals surface area contributed by atoms with E-state index in [1.54, 1.807) is 0 Å². The van der Waals surface area contributed by atoms with Gasteiger partial charge in [0.15, 0.2) is 0 Å². The summed E-state index contributed by atoms with van der Waals surface area (Å²) in [6.07, 6.45) is 11.6. The van der Waals surface area contributed by atoms with Gasteiger partial charge in [0.1, 0.15) is 0 Å². The maximum Gasteiger partial charge on any atom is 0.0434 e. The maximum absolute atomic E-state index is 8.96. The van der Waals surface area contributed by atoms with Crippen LogP contribution in [0.4, 0.5) is 0 Å². The van der Waals surface area contributed by atoms with E-state index in [4.69, 9.17) is 5.11 Å². The summed E-state index contributed by atoms with van der Waals surface area (Å²) in [5.74, 6) is 0.671. The molecule has 0 aliphatic carbocycles. The van der Waals surface area contributed by atoms with Gasteiger partial charge >= 0.3 is 0 Å². The molecule has 17 heavy (non-hydrogen) atoms. The lowest BCUT2D eigenvalue weighted by Gasteiger charge is -2.15. The highest BCUT2D eigenvalue weighted by Crippen LogP contribution is 2.09. The van der Waals surface area contributed by atoms with Crippen molar-refractivity contribution < 1.29 is 5.11 Å². The molecule has 1 unspecified atom stereocenters. The highest BCUT2D eigenvalue weighted by atomic mass is 16.3. The summed E-state index contributed by atoms with van der Waals surface area (Å²) in [5, 5.41) is 12.5. The molecule has 0 aliphatic heterocycles. The van der Waals surface area contributed by atoms with Crippen LogP contribution in [0.5, 0.6) is 0 Å². The standard InChI is InChI=1S/C15H33NO/c1-3-5-6-7-8-9-12-16-14-15(10-4-2)11-13-17/h15-17H,3-14H2,1-2H3. The predicted octanol–water partition coefficient (Wildman–Crippen LogP) is 3.74. The summed E-state index contributed by atoms with van der Waals surface area (Å²) in [6, 6.07) is 0. The van der Waals surface area contributed by atoms with Crippen LogP contribution in [0.1, 0.15) is 71.6 Å². The van der Waals surface area contributed by atoms with E-state index in [9.17, 15) is 0 Å². The fraction of sp³-hybridized carbons (Fsp3) is 1.00. The molecule has 0 amide bonds. The van der Waals surface area contributed by atoms with Crippen molar-refractivity contribution >= 4 is 0 Å². The van der Waals surface area contributed by atoms with Crippen LogP contribution in [-0.2, 0) is 0 Å². The summed E-state index contributed by atoms with van der Waals surface area (Å²) >= 11 is 0. The highest BCUT2D eigenvalue weighted by Gasteiger charge is 2.05. The van der Waals surface area contributed by atoms with Crippen LogP contribution < -0.4 is 5.32 Å². The van der Waals surface area contributed by atoms with Gasteiger partial charge in [-0.05, 0) is 38.3 Å². The Morgan fingerprint density at radius 3 is 2.24 bits per heavy atom. The van der Waals surface area contributed by atoms with Crippen molar-refractivity contribution in [2.45, 2.75) is 71.6 Å². The first-order valence-corrected chi connectivity index (χ1v) is 7.66. The van der Waals surface area contributed by atoms with E-state index >= 15 is 0 Å². The molecule has 0 aliphatic rings. The summed E-state index contributed by atoms with van der Waals surface area (Å²) in [4.78, 5) is 0. The quantitative estimate of drug-likeness (QED) is 0.483. The van der Waals surface area contributed by atoms with Crippen molar-refractivity contribution in [1.29, 1.82) is 0 Å². The van der Waals surface area contributed by atoms with Gasteiger partial charge in [0.05, 0.1) is 0 Å². The van der Waals surface area contributed by atoms with Gasteiger partial charge < -0.3 is 10.4 Å². The molecule has 0 saturated carbocycles. The third-order valence-corrected chi connectivity index (χ3v) is 3.37. The predicted molar refractivity (Wildman–Crippen MR) is 76.3 cm³/mol. The smallest absolute Gasteiger partial charge is 0.0434 e. The maximum atomic E-state index is 8.96. The Labute approximate surface area is 108 Å². The van der Waals surface area contributed by atoms with Gasteiger partial charge in [-0.2, -0.15) is 0 Å². The lowest BCUT2D eigenvalue weighted by Crippen LogP contribution is -2.24. The molecule has 0 fully saturated rings. The zero-order valence-electron chi connectivity index (χ0n) is 12.0. The SMILES string of the molecule is CCCCCCCCNCC(CCC)CCO. The molecule has 104 valence electrons. The molecule has 0 bridgehead atoms. The molecule has 1 atom stereocenters. The van der Waals surface area contributed by atoms with Gasteiger partial charge in [0.25, 0.3) is 0 Å². The fourth-order valence-electron chi connectivity index (χ4n) is 2.28. The number of aliphatic hydroxyl groups is 1. The molecule has 0 spiro atoms. The Hall–Kier alpha value is -0.0800. The molecule has 0 rings (SSSR count). The topological polar surface area (TPSA) is 32.3 Å². The van der Waals surface area contributed by atoms with Crippen LogP contribution >= 0.6 is 0 Å². The van der Waals surface area contributed by atoms with E-state index < -0.39 is 0 Å². The lowest BCUT2D eigenvalue weighted by molar-refractivity contribution is 0.248. The molecular weight excluding hydrogens is 210 g/mol. The van der Waals surface area contributed by atoms with Crippen LogP contribution in [0.3, 0.4) is 0 Å². The van der Waals surface area contributed by atoms with Crippen molar-refractivity contribution in [2.75, 3.05) is 19.7 Å². The van der Waals surface area contributed by atoms with Gasteiger partial charge in [-0.25, -0.2) is 0 Å². The minimum Gasteiger partial charge on any atom is -0.396 e. The number of nitrogens with one attached hydrogen (secondary N) is 1. The Kier molecular flexibility index (Phi) is 13.9. The zero-order chi connectivity index (χ0) is 12.8. The van der Waals surface area contributed by atoms with Gasteiger partial charge in [-0.15, -0.1) is 0 Å². The Balaban J connectivity index is 3.23. The second kappa shape index (κ2) is 14.0. The summed E-state index contributed by atoms with van der Waals surface area (Å²) in [5.41, 5.74) is 0. The molecule has 0 aromatic rings. The lowest BCUT2D eigenvalue weighted by atomic mass is 10.0. The van der Waals surface area contributed by atoms with Crippen LogP contribution in [0.2, 0.25) is 0 Å². The number of rotatable bonds is 13. The highest BCUT2D eigenvalue weighted by molar-refractivity contribution is 4.62. The summed E-state index contributed by atoms with van der Waals surface area (Å²) < 4.78 is 0. The monoisotopic (exact) mass is 243 g/mol. The number of aliphatic hydroxyl groups excluding tert-OH is 1. The van der Waals surface area contributed by atoms with E-state index in [1.165, 1.54) is 51.4 Å². The van der Waals surface area contributed by atoms with Gasteiger partial charge in [-0.3, -0.25) is 0 Å².